The zero-order valence-corrected chi connectivity index (χ0v) is 7.78. The van der Waals surface area contributed by atoms with Gasteiger partial charge >= 0.3 is 0 Å². The zero-order chi connectivity index (χ0) is 9.26. The summed E-state index contributed by atoms with van der Waals surface area (Å²) in [4.78, 5) is 11.4. The highest BCUT2D eigenvalue weighted by Crippen LogP contribution is 2.34. The summed E-state index contributed by atoms with van der Waals surface area (Å²) in [5.74, 6) is 0.464. The van der Waals surface area contributed by atoms with Gasteiger partial charge < -0.3 is 5.11 Å². The molecule has 2 heteroatoms. The molecule has 0 aliphatic heterocycles. The molecule has 0 amide bonds. The fraction of sp³-hybridized carbons (Fsp3) is 0.727. The van der Waals surface area contributed by atoms with Gasteiger partial charge in [0.15, 0.2) is 5.78 Å². The predicted molar refractivity (Wildman–Crippen MR) is 50.2 cm³/mol. The van der Waals surface area contributed by atoms with Crippen molar-refractivity contribution in [1.29, 1.82) is 0 Å². The first kappa shape index (κ1) is 8.95. The molecular formula is C11H16O2. The van der Waals surface area contributed by atoms with Crippen molar-refractivity contribution < 1.29 is 9.90 Å². The molecule has 0 saturated heterocycles. The molecule has 1 saturated carbocycles. The number of hydrogen-bond donors (Lipinski definition) is 1. The highest BCUT2D eigenvalue weighted by atomic mass is 16.3. The van der Waals surface area contributed by atoms with Gasteiger partial charge in [-0.2, -0.15) is 0 Å². The smallest absolute Gasteiger partial charge is 0.161 e. The molecule has 2 unspecified atom stereocenters. The molecule has 0 aromatic carbocycles. The van der Waals surface area contributed by atoms with E-state index in [1.165, 1.54) is 19.3 Å². The van der Waals surface area contributed by atoms with E-state index < -0.39 is 6.10 Å². The molecule has 2 rings (SSSR count). The van der Waals surface area contributed by atoms with E-state index >= 15 is 0 Å². The topological polar surface area (TPSA) is 37.3 Å². The van der Waals surface area contributed by atoms with Crippen LogP contribution in [-0.2, 0) is 4.79 Å². The van der Waals surface area contributed by atoms with Crippen LogP contribution in [0.1, 0.15) is 32.1 Å². The van der Waals surface area contributed by atoms with Gasteiger partial charge in [0.25, 0.3) is 0 Å². The third-order valence-electron chi connectivity index (χ3n) is 3.31. The van der Waals surface area contributed by atoms with Gasteiger partial charge in [0.1, 0.15) is 0 Å². The van der Waals surface area contributed by atoms with Crippen molar-refractivity contribution in [2.75, 3.05) is 0 Å². The van der Waals surface area contributed by atoms with E-state index in [4.69, 9.17) is 0 Å². The fourth-order valence-electron chi connectivity index (χ4n) is 2.60. The van der Waals surface area contributed by atoms with Crippen molar-refractivity contribution in [3.05, 3.63) is 12.2 Å². The third-order valence-corrected chi connectivity index (χ3v) is 3.31. The minimum atomic E-state index is -0.504. The average molecular weight is 180 g/mol. The highest BCUT2D eigenvalue weighted by molar-refractivity contribution is 5.95. The number of ketones is 1. The molecule has 0 bridgehead atoms. The summed E-state index contributed by atoms with van der Waals surface area (Å²) in [7, 11) is 0. The summed E-state index contributed by atoms with van der Waals surface area (Å²) < 4.78 is 0. The van der Waals surface area contributed by atoms with Crippen molar-refractivity contribution in [2.24, 2.45) is 11.8 Å². The molecule has 0 spiro atoms. The Balaban J connectivity index is 2.02. The van der Waals surface area contributed by atoms with Gasteiger partial charge in [-0.15, -0.1) is 0 Å². The van der Waals surface area contributed by atoms with E-state index in [0.717, 1.165) is 12.8 Å². The highest BCUT2D eigenvalue weighted by Gasteiger charge is 2.35. The maximum Gasteiger partial charge on any atom is 0.161 e. The van der Waals surface area contributed by atoms with Crippen LogP contribution >= 0.6 is 0 Å². The molecule has 2 aliphatic carbocycles. The maximum atomic E-state index is 11.4. The second-order valence-corrected chi connectivity index (χ2v) is 4.18. The zero-order valence-electron chi connectivity index (χ0n) is 7.78. The fourth-order valence-corrected chi connectivity index (χ4v) is 2.60. The van der Waals surface area contributed by atoms with Gasteiger partial charge in [0.05, 0.1) is 12.0 Å². The van der Waals surface area contributed by atoms with E-state index in [1.807, 2.05) is 0 Å². The van der Waals surface area contributed by atoms with Gasteiger partial charge in [-0.05, 0) is 24.8 Å². The Morgan fingerprint density at radius 1 is 1.23 bits per heavy atom. The second-order valence-electron chi connectivity index (χ2n) is 4.18. The minimum Gasteiger partial charge on any atom is -0.388 e. The Bertz CT molecular complexity index is 226. The summed E-state index contributed by atoms with van der Waals surface area (Å²) in [6, 6.07) is 0. The minimum absolute atomic E-state index is 0.111. The van der Waals surface area contributed by atoms with Crippen molar-refractivity contribution in [2.45, 2.75) is 38.2 Å². The molecule has 2 atom stereocenters. The number of aliphatic hydroxyl groups is 1. The Hall–Kier alpha value is -0.630. The first-order valence-corrected chi connectivity index (χ1v) is 5.19. The number of carbonyl (C=O) groups excluding carboxylic acids is 1. The normalized spacial score (nSPS) is 35.6. The van der Waals surface area contributed by atoms with Crippen LogP contribution in [0.4, 0.5) is 0 Å². The average Bonchev–Trinajstić information content (AvgIpc) is 2.48. The Kier molecular flexibility index (Phi) is 2.49. The Morgan fingerprint density at radius 3 is 2.46 bits per heavy atom. The van der Waals surface area contributed by atoms with Crippen LogP contribution in [0.25, 0.3) is 0 Å². The van der Waals surface area contributed by atoms with Crippen LogP contribution in [0.3, 0.4) is 0 Å². The summed E-state index contributed by atoms with van der Waals surface area (Å²) >= 11 is 0. The Morgan fingerprint density at radius 2 is 1.92 bits per heavy atom. The summed E-state index contributed by atoms with van der Waals surface area (Å²) in [6.07, 6.45) is 8.66. The molecule has 13 heavy (non-hydrogen) atoms. The molecule has 72 valence electrons. The lowest BCUT2D eigenvalue weighted by Crippen LogP contribution is -2.30. The van der Waals surface area contributed by atoms with E-state index in [1.54, 1.807) is 12.2 Å². The van der Waals surface area contributed by atoms with Crippen molar-refractivity contribution in [3.8, 4) is 0 Å². The van der Waals surface area contributed by atoms with Crippen LogP contribution in [0.15, 0.2) is 12.2 Å². The number of hydrogen-bond acceptors (Lipinski definition) is 2. The largest absolute Gasteiger partial charge is 0.388 e. The maximum absolute atomic E-state index is 11.4. The van der Waals surface area contributed by atoms with E-state index in [2.05, 4.69) is 0 Å². The van der Waals surface area contributed by atoms with Gasteiger partial charge in [0.2, 0.25) is 0 Å². The molecular weight excluding hydrogens is 164 g/mol. The van der Waals surface area contributed by atoms with Gasteiger partial charge in [0, 0.05) is 0 Å². The van der Waals surface area contributed by atoms with Gasteiger partial charge in [-0.1, -0.05) is 25.3 Å². The lowest BCUT2D eigenvalue weighted by molar-refractivity contribution is -0.121. The number of aliphatic hydroxyl groups excluding tert-OH is 1. The van der Waals surface area contributed by atoms with Crippen LogP contribution in [0, 0.1) is 11.8 Å². The summed E-state index contributed by atoms with van der Waals surface area (Å²) in [6.45, 7) is 0. The molecule has 0 aromatic rings. The molecule has 1 fully saturated rings. The predicted octanol–water partition coefficient (Wildman–Crippen LogP) is 1.68. The SMILES string of the molecule is O=C1C=CC(O)C1C1CCCCC1. The molecule has 0 heterocycles. The molecule has 2 aliphatic rings. The number of rotatable bonds is 1. The monoisotopic (exact) mass is 180 g/mol. The lowest BCUT2D eigenvalue weighted by atomic mass is 9.77. The van der Waals surface area contributed by atoms with Crippen molar-refractivity contribution in [3.63, 3.8) is 0 Å². The van der Waals surface area contributed by atoms with E-state index in [-0.39, 0.29) is 11.7 Å². The van der Waals surface area contributed by atoms with E-state index in [9.17, 15) is 9.90 Å². The lowest BCUT2D eigenvalue weighted by Gasteiger charge is -2.28. The van der Waals surface area contributed by atoms with Gasteiger partial charge in [-0.3, -0.25) is 4.79 Å². The molecule has 1 N–H and O–H groups in total. The first-order valence-electron chi connectivity index (χ1n) is 5.19. The van der Waals surface area contributed by atoms with Gasteiger partial charge in [-0.25, -0.2) is 0 Å². The summed E-state index contributed by atoms with van der Waals surface area (Å²) in [5.41, 5.74) is 0. The number of allylic oxidation sites excluding steroid dienone is 1. The van der Waals surface area contributed by atoms with Crippen LogP contribution in [-0.4, -0.2) is 17.0 Å². The van der Waals surface area contributed by atoms with Crippen LogP contribution in [0.5, 0.6) is 0 Å². The van der Waals surface area contributed by atoms with Crippen LogP contribution in [0.2, 0.25) is 0 Å². The molecule has 0 aromatic heterocycles. The third kappa shape index (κ3) is 1.68. The quantitative estimate of drug-likeness (QED) is 0.666. The molecule has 2 nitrogen and oxygen atoms in total. The molecule has 0 radical (unpaired) electrons. The van der Waals surface area contributed by atoms with E-state index in [0.29, 0.717) is 5.92 Å². The standard InChI is InChI=1S/C11H16O2/c12-9-6-7-10(13)11(9)8-4-2-1-3-5-8/h6-9,11-12H,1-5H2. The van der Waals surface area contributed by atoms with Crippen LogP contribution < -0.4 is 0 Å². The number of carbonyl (C=O) groups is 1. The summed E-state index contributed by atoms with van der Waals surface area (Å²) in [5, 5.41) is 9.60. The Labute approximate surface area is 78.6 Å². The van der Waals surface area contributed by atoms with Crippen molar-refractivity contribution in [1.82, 2.24) is 0 Å². The first-order chi connectivity index (χ1) is 6.29. The van der Waals surface area contributed by atoms with Crippen molar-refractivity contribution >= 4 is 5.78 Å². The second kappa shape index (κ2) is 3.62.